The molecular formula is C18H25N3O2S. The van der Waals surface area contributed by atoms with E-state index in [9.17, 15) is 4.79 Å². The second kappa shape index (κ2) is 7.96. The summed E-state index contributed by atoms with van der Waals surface area (Å²) in [4.78, 5) is 16.5. The van der Waals surface area contributed by atoms with Gasteiger partial charge in [-0.15, -0.1) is 11.3 Å². The maximum atomic E-state index is 12.4. The zero-order chi connectivity index (χ0) is 16.9. The third-order valence-electron chi connectivity index (χ3n) is 4.52. The molecule has 1 aromatic heterocycles. The van der Waals surface area contributed by atoms with Gasteiger partial charge < -0.3 is 15.0 Å². The first-order valence-electron chi connectivity index (χ1n) is 8.43. The molecule has 1 fully saturated rings. The van der Waals surface area contributed by atoms with Gasteiger partial charge in [-0.1, -0.05) is 18.2 Å². The first-order chi connectivity index (χ1) is 11.6. The maximum absolute atomic E-state index is 12.4. The van der Waals surface area contributed by atoms with E-state index in [2.05, 4.69) is 27.7 Å². The molecule has 0 radical (unpaired) electrons. The van der Waals surface area contributed by atoms with Gasteiger partial charge in [0.15, 0.2) is 0 Å². The monoisotopic (exact) mass is 347 g/mol. The van der Waals surface area contributed by atoms with E-state index in [4.69, 9.17) is 4.74 Å². The average molecular weight is 347 g/mol. The molecule has 2 heterocycles. The highest BCUT2D eigenvalue weighted by Crippen LogP contribution is 2.29. The minimum Gasteiger partial charge on any atom is -0.379 e. The SMILES string of the molecule is C[C@H](NC(=O)N(C)CCN1CCOCC1)c1csc2ccccc12. The van der Waals surface area contributed by atoms with Gasteiger partial charge in [0.2, 0.25) is 0 Å². The molecule has 2 aromatic rings. The molecule has 0 spiro atoms. The van der Waals surface area contributed by atoms with Crippen LogP contribution in [0, 0.1) is 0 Å². The number of morpholine rings is 1. The minimum absolute atomic E-state index is 0.000475. The van der Waals surface area contributed by atoms with Crippen LogP contribution in [0.15, 0.2) is 29.6 Å². The molecule has 1 aliphatic rings. The number of carbonyl (C=O) groups is 1. The molecule has 1 N–H and O–H groups in total. The normalized spacial score (nSPS) is 16.9. The molecule has 0 bridgehead atoms. The Morgan fingerprint density at radius 2 is 2.12 bits per heavy atom. The molecule has 5 nitrogen and oxygen atoms in total. The number of hydrogen-bond acceptors (Lipinski definition) is 4. The molecule has 24 heavy (non-hydrogen) atoms. The van der Waals surface area contributed by atoms with Crippen molar-refractivity contribution in [2.45, 2.75) is 13.0 Å². The van der Waals surface area contributed by atoms with Gasteiger partial charge >= 0.3 is 6.03 Å². The van der Waals surface area contributed by atoms with Crippen molar-refractivity contribution in [1.82, 2.24) is 15.1 Å². The van der Waals surface area contributed by atoms with Gasteiger partial charge in [-0.2, -0.15) is 0 Å². The van der Waals surface area contributed by atoms with E-state index < -0.39 is 0 Å². The van der Waals surface area contributed by atoms with Crippen molar-refractivity contribution in [3.63, 3.8) is 0 Å². The van der Waals surface area contributed by atoms with Crippen molar-refractivity contribution in [2.24, 2.45) is 0 Å². The van der Waals surface area contributed by atoms with Crippen molar-refractivity contribution in [1.29, 1.82) is 0 Å². The third-order valence-corrected chi connectivity index (χ3v) is 5.50. The summed E-state index contributed by atoms with van der Waals surface area (Å²) in [6.45, 7) is 7.14. The molecule has 130 valence electrons. The standard InChI is InChI=1S/C18H25N3O2S/c1-14(16-13-24-17-6-4-3-5-15(16)17)19-18(22)20(2)7-8-21-9-11-23-12-10-21/h3-6,13-14H,7-12H2,1-2H3,(H,19,22)/t14-/m0/s1. The van der Waals surface area contributed by atoms with Gasteiger partial charge in [0.05, 0.1) is 19.3 Å². The number of hydrogen-bond donors (Lipinski definition) is 1. The summed E-state index contributed by atoms with van der Waals surface area (Å²) in [5.74, 6) is 0. The fourth-order valence-electron chi connectivity index (χ4n) is 2.92. The number of amides is 2. The third kappa shape index (κ3) is 4.06. The summed E-state index contributed by atoms with van der Waals surface area (Å²) in [5.41, 5.74) is 1.19. The fourth-order valence-corrected chi connectivity index (χ4v) is 3.98. The van der Waals surface area contributed by atoms with Crippen LogP contribution in [-0.2, 0) is 4.74 Å². The Balaban J connectivity index is 1.53. The number of ether oxygens (including phenoxy) is 1. The van der Waals surface area contributed by atoms with Crippen molar-refractivity contribution >= 4 is 27.5 Å². The second-order valence-electron chi connectivity index (χ2n) is 6.23. The van der Waals surface area contributed by atoms with E-state index >= 15 is 0 Å². The van der Waals surface area contributed by atoms with Crippen LogP contribution in [0.4, 0.5) is 4.79 Å². The number of nitrogens with one attached hydrogen (secondary N) is 1. The predicted octanol–water partition coefficient (Wildman–Crippen LogP) is 2.94. The van der Waals surface area contributed by atoms with Crippen LogP contribution in [0.3, 0.4) is 0 Å². The molecule has 0 saturated carbocycles. The van der Waals surface area contributed by atoms with Crippen LogP contribution in [0.25, 0.3) is 10.1 Å². The quantitative estimate of drug-likeness (QED) is 0.904. The molecule has 1 saturated heterocycles. The van der Waals surface area contributed by atoms with E-state index in [1.54, 1.807) is 16.2 Å². The number of thiophene rings is 1. The lowest BCUT2D eigenvalue weighted by Gasteiger charge is -2.29. The van der Waals surface area contributed by atoms with Gasteiger partial charge in [0, 0.05) is 37.9 Å². The Bertz CT molecular complexity index is 682. The van der Waals surface area contributed by atoms with E-state index in [0.717, 1.165) is 39.4 Å². The summed E-state index contributed by atoms with van der Waals surface area (Å²) < 4.78 is 6.61. The molecule has 1 atom stereocenters. The number of rotatable bonds is 5. The minimum atomic E-state index is -0.0222. The Kier molecular flexibility index (Phi) is 5.71. The predicted molar refractivity (Wildman–Crippen MR) is 98.7 cm³/mol. The van der Waals surface area contributed by atoms with Gasteiger partial charge in [-0.25, -0.2) is 4.79 Å². The summed E-state index contributed by atoms with van der Waals surface area (Å²) in [6, 6.07) is 8.30. The van der Waals surface area contributed by atoms with Crippen molar-refractivity contribution in [3.05, 3.63) is 35.2 Å². The summed E-state index contributed by atoms with van der Waals surface area (Å²) >= 11 is 1.72. The molecular weight excluding hydrogens is 322 g/mol. The van der Waals surface area contributed by atoms with Crippen LogP contribution >= 0.6 is 11.3 Å². The second-order valence-corrected chi connectivity index (χ2v) is 7.15. The van der Waals surface area contributed by atoms with Crippen LogP contribution in [0.5, 0.6) is 0 Å². The Hall–Kier alpha value is -1.63. The summed E-state index contributed by atoms with van der Waals surface area (Å²) in [7, 11) is 1.86. The number of benzene rings is 1. The van der Waals surface area contributed by atoms with E-state index in [1.807, 2.05) is 26.1 Å². The molecule has 0 aliphatic carbocycles. The van der Waals surface area contributed by atoms with Crippen molar-refractivity contribution < 1.29 is 9.53 Å². The topological polar surface area (TPSA) is 44.8 Å². The zero-order valence-electron chi connectivity index (χ0n) is 14.3. The summed E-state index contributed by atoms with van der Waals surface area (Å²) in [5, 5.41) is 6.48. The van der Waals surface area contributed by atoms with Gasteiger partial charge in [-0.05, 0) is 29.3 Å². The van der Waals surface area contributed by atoms with Gasteiger partial charge in [0.1, 0.15) is 0 Å². The molecule has 0 unspecified atom stereocenters. The average Bonchev–Trinajstić information content (AvgIpc) is 3.04. The number of likely N-dealkylation sites (N-methyl/N-ethyl adjacent to an activating group) is 1. The number of carbonyl (C=O) groups excluding carboxylic acids is 1. The van der Waals surface area contributed by atoms with Gasteiger partial charge in [-0.3, -0.25) is 4.90 Å². The van der Waals surface area contributed by atoms with E-state index in [0.29, 0.717) is 0 Å². The maximum Gasteiger partial charge on any atom is 0.317 e. The van der Waals surface area contributed by atoms with Crippen molar-refractivity contribution in [2.75, 3.05) is 46.4 Å². The smallest absolute Gasteiger partial charge is 0.317 e. The van der Waals surface area contributed by atoms with Crippen LogP contribution in [-0.4, -0.2) is 62.3 Å². The van der Waals surface area contributed by atoms with E-state index in [1.165, 1.54) is 15.6 Å². The van der Waals surface area contributed by atoms with E-state index in [-0.39, 0.29) is 12.1 Å². The largest absolute Gasteiger partial charge is 0.379 e. The highest BCUT2D eigenvalue weighted by atomic mass is 32.1. The van der Waals surface area contributed by atoms with Crippen LogP contribution < -0.4 is 5.32 Å². The molecule has 6 heteroatoms. The lowest BCUT2D eigenvalue weighted by Crippen LogP contribution is -2.45. The first kappa shape index (κ1) is 17.2. The molecule has 1 aliphatic heterocycles. The first-order valence-corrected chi connectivity index (χ1v) is 9.31. The zero-order valence-corrected chi connectivity index (χ0v) is 15.1. The Morgan fingerprint density at radius 1 is 1.38 bits per heavy atom. The summed E-state index contributed by atoms with van der Waals surface area (Å²) in [6.07, 6.45) is 0. The highest BCUT2D eigenvalue weighted by Gasteiger charge is 2.17. The number of nitrogens with zero attached hydrogens (tertiary/aromatic N) is 2. The van der Waals surface area contributed by atoms with Crippen LogP contribution in [0.1, 0.15) is 18.5 Å². The van der Waals surface area contributed by atoms with Crippen LogP contribution in [0.2, 0.25) is 0 Å². The van der Waals surface area contributed by atoms with Gasteiger partial charge in [0.25, 0.3) is 0 Å². The molecule has 3 rings (SSSR count). The molecule has 2 amide bonds. The number of urea groups is 1. The number of fused-ring (bicyclic) bond motifs is 1. The van der Waals surface area contributed by atoms with Crippen molar-refractivity contribution in [3.8, 4) is 0 Å². The fraction of sp³-hybridized carbons (Fsp3) is 0.500. The highest BCUT2D eigenvalue weighted by molar-refractivity contribution is 7.17. The lowest BCUT2D eigenvalue weighted by molar-refractivity contribution is 0.0357. The lowest BCUT2D eigenvalue weighted by atomic mass is 10.1. The molecule has 1 aromatic carbocycles. The Labute approximate surface area is 147 Å². The Morgan fingerprint density at radius 3 is 2.92 bits per heavy atom.